The van der Waals surface area contributed by atoms with Gasteiger partial charge in [0.25, 0.3) is 0 Å². The largest absolute Gasteiger partial charge is 0.497 e. The minimum atomic E-state index is -3.68. The molecule has 2 aromatic rings. The Morgan fingerprint density at radius 2 is 1.83 bits per heavy atom. The summed E-state index contributed by atoms with van der Waals surface area (Å²) in [7, 11) is -2.17. The number of nitrogens with one attached hydrogen (secondary N) is 1. The zero-order valence-electron chi connectivity index (χ0n) is 12.9. The number of ether oxygens (including phenoxy) is 2. The van der Waals surface area contributed by atoms with Gasteiger partial charge >= 0.3 is 0 Å². The SMILES string of the molecule is CCOc1ccc(CNS(=O)(=O)c2ccc(OC)cc2)cc1F. The molecule has 0 aliphatic rings. The number of benzene rings is 2. The van der Waals surface area contributed by atoms with Crippen LogP contribution in [0, 0.1) is 5.82 Å². The van der Waals surface area contributed by atoms with E-state index in [9.17, 15) is 12.8 Å². The highest BCUT2D eigenvalue weighted by Gasteiger charge is 2.14. The molecule has 23 heavy (non-hydrogen) atoms. The van der Waals surface area contributed by atoms with E-state index in [4.69, 9.17) is 9.47 Å². The summed E-state index contributed by atoms with van der Waals surface area (Å²) in [5.74, 6) is 0.194. The monoisotopic (exact) mass is 339 g/mol. The fourth-order valence-corrected chi connectivity index (χ4v) is 2.96. The van der Waals surface area contributed by atoms with Crippen molar-refractivity contribution < 1.29 is 22.3 Å². The smallest absolute Gasteiger partial charge is 0.240 e. The minimum absolute atomic E-state index is 0.0162. The van der Waals surface area contributed by atoms with E-state index in [1.54, 1.807) is 25.1 Å². The lowest BCUT2D eigenvalue weighted by molar-refractivity contribution is 0.321. The Labute approximate surface area is 135 Å². The van der Waals surface area contributed by atoms with E-state index in [-0.39, 0.29) is 17.2 Å². The van der Waals surface area contributed by atoms with Gasteiger partial charge in [-0.15, -0.1) is 0 Å². The van der Waals surface area contributed by atoms with Gasteiger partial charge in [0.1, 0.15) is 5.75 Å². The van der Waals surface area contributed by atoms with Gasteiger partial charge in [0, 0.05) is 6.54 Å². The van der Waals surface area contributed by atoms with Crippen LogP contribution >= 0.6 is 0 Å². The van der Waals surface area contributed by atoms with Gasteiger partial charge < -0.3 is 9.47 Å². The summed E-state index contributed by atoms with van der Waals surface area (Å²) in [6, 6.07) is 10.4. The van der Waals surface area contributed by atoms with Crippen molar-refractivity contribution in [1.29, 1.82) is 0 Å². The predicted octanol–water partition coefficient (Wildman–Crippen LogP) is 2.71. The zero-order valence-corrected chi connectivity index (χ0v) is 13.7. The molecule has 0 unspecified atom stereocenters. The Morgan fingerprint density at radius 3 is 2.39 bits per heavy atom. The molecule has 7 heteroatoms. The molecular formula is C16H18FNO4S. The Hall–Kier alpha value is -2.12. The van der Waals surface area contributed by atoms with Gasteiger partial charge in [0.2, 0.25) is 10.0 Å². The maximum Gasteiger partial charge on any atom is 0.240 e. The van der Waals surface area contributed by atoms with E-state index in [1.807, 2.05) is 0 Å². The summed E-state index contributed by atoms with van der Waals surface area (Å²) in [5, 5.41) is 0. The second kappa shape index (κ2) is 7.43. The minimum Gasteiger partial charge on any atom is -0.497 e. The van der Waals surface area contributed by atoms with Crippen molar-refractivity contribution in [2.45, 2.75) is 18.4 Å². The van der Waals surface area contributed by atoms with E-state index >= 15 is 0 Å². The quantitative estimate of drug-likeness (QED) is 0.842. The Bertz CT molecular complexity index is 760. The number of hydrogen-bond donors (Lipinski definition) is 1. The lowest BCUT2D eigenvalue weighted by Gasteiger charge is -2.09. The van der Waals surface area contributed by atoms with E-state index < -0.39 is 15.8 Å². The third kappa shape index (κ3) is 4.43. The van der Waals surface area contributed by atoms with Crippen molar-refractivity contribution in [2.24, 2.45) is 0 Å². The third-order valence-corrected chi connectivity index (χ3v) is 4.55. The normalized spacial score (nSPS) is 11.3. The first-order valence-electron chi connectivity index (χ1n) is 7.01. The average Bonchev–Trinajstić information content (AvgIpc) is 2.55. The van der Waals surface area contributed by atoms with Crippen LogP contribution in [0.3, 0.4) is 0 Å². The number of rotatable bonds is 7. The van der Waals surface area contributed by atoms with Crippen LogP contribution in [0.4, 0.5) is 4.39 Å². The van der Waals surface area contributed by atoms with E-state index in [1.165, 1.54) is 31.4 Å². The standard InChI is InChI=1S/C16H18FNO4S/c1-3-22-16-9-4-12(10-15(16)17)11-18-23(19,20)14-7-5-13(21-2)6-8-14/h4-10,18H,3,11H2,1-2H3. The molecule has 0 aliphatic heterocycles. The summed E-state index contributed by atoms with van der Waals surface area (Å²) >= 11 is 0. The highest BCUT2D eigenvalue weighted by atomic mass is 32.2. The molecule has 1 N–H and O–H groups in total. The molecule has 124 valence electrons. The van der Waals surface area contributed by atoms with E-state index in [2.05, 4.69) is 4.72 Å². The highest BCUT2D eigenvalue weighted by Crippen LogP contribution is 2.19. The Balaban J connectivity index is 2.08. The van der Waals surface area contributed by atoms with Crippen molar-refractivity contribution in [3.8, 4) is 11.5 Å². The Morgan fingerprint density at radius 1 is 1.13 bits per heavy atom. The molecule has 2 rings (SSSR count). The first-order chi connectivity index (χ1) is 11.0. The molecular weight excluding hydrogens is 321 g/mol. The van der Waals surface area contributed by atoms with Crippen LogP contribution in [0.5, 0.6) is 11.5 Å². The summed E-state index contributed by atoms with van der Waals surface area (Å²) in [4.78, 5) is 0.115. The molecule has 0 bridgehead atoms. The van der Waals surface area contributed by atoms with Crippen LogP contribution in [0.2, 0.25) is 0 Å². The number of sulfonamides is 1. The van der Waals surface area contributed by atoms with Crippen LogP contribution in [-0.2, 0) is 16.6 Å². The average molecular weight is 339 g/mol. The second-order valence-corrected chi connectivity index (χ2v) is 6.46. The fraction of sp³-hybridized carbons (Fsp3) is 0.250. The molecule has 2 aromatic carbocycles. The van der Waals surface area contributed by atoms with Crippen LogP contribution < -0.4 is 14.2 Å². The van der Waals surface area contributed by atoms with Crippen molar-refractivity contribution in [1.82, 2.24) is 4.72 Å². The lowest BCUT2D eigenvalue weighted by Crippen LogP contribution is -2.23. The van der Waals surface area contributed by atoms with Crippen LogP contribution in [-0.4, -0.2) is 22.1 Å². The summed E-state index contributed by atoms with van der Waals surface area (Å²) in [5.41, 5.74) is 0.503. The van der Waals surface area contributed by atoms with Crippen molar-refractivity contribution in [3.63, 3.8) is 0 Å². The predicted molar refractivity (Wildman–Crippen MR) is 84.6 cm³/mol. The highest BCUT2D eigenvalue weighted by molar-refractivity contribution is 7.89. The lowest BCUT2D eigenvalue weighted by atomic mass is 10.2. The summed E-state index contributed by atoms with van der Waals surface area (Å²) in [6.07, 6.45) is 0. The second-order valence-electron chi connectivity index (χ2n) is 4.70. The molecule has 0 atom stereocenters. The molecule has 0 heterocycles. The van der Waals surface area contributed by atoms with Crippen molar-refractivity contribution in [2.75, 3.05) is 13.7 Å². The molecule has 5 nitrogen and oxygen atoms in total. The Kier molecular flexibility index (Phi) is 5.57. The molecule has 0 aliphatic carbocycles. The van der Waals surface area contributed by atoms with Gasteiger partial charge in [0.05, 0.1) is 18.6 Å². The molecule has 0 amide bonds. The van der Waals surface area contributed by atoms with Gasteiger partial charge in [-0.3, -0.25) is 0 Å². The zero-order chi connectivity index (χ0) is 16.9. The van der Waals surface area contributed by atoms with Crippen molar-refractivity contribution in [3.05, 3.63) is 53.8 Å². The fourth-order valence-electron chi connectivity index (χ4n) is 1.94. The van der Waals surface area contributed by atoms with Gasteiger partial charge in [-0.2, -0.15) is 0 Å². The van der Waals surface area contributed by atoms with Crippen LogP contribution in [0.1, 0.15) is 12.5 Å². The molecule has 0 radical (unpaired) electrons. The number of halogens is 1. The summed E-state index contributed by atoms with van der Waals surface area (Å²) in [6.45, 7) is 2.11. The first kappa shape index (κ1) is 17.2. The number of hydrogen-bond acceptors (Lipinski definition) is 4. The molecule has 0 aromatic heterocycles. The van der Waals surface area contributed by atoms with Gasteiger partial charge in [-0.25, -0.2) is 17.5 Å². The molecule has 0 saturated carbocycles. The first-order valence-corrected chi connectivity index (χ1v) is 8.49. The molecule has 0 saturated heterocycles. The maximum absolute atomic E-state index is 13.7. The molecule has 0 spiro atoms. The van der Waals surface area contributed by atoms with Gasteiger partial charge in [0.15, 0.2) is 11.6 Å². The summed E-state index contributed by atoms with van der Waals surface area (Å²) < 4.78 is 50.6. The maximum atomic E-state index is 13.7. The van der Waals surface area contributed by atoms with Gasteiger partial charge in [-0.1, -0.05) is 6.07 Å². The number of methoxy groups -OCH3 is 1. The van der Waals surface area contributed by atoms with Crippen LogP contribution in [0.15, 0.2) is 47.4 Å². The topological polar surface area (TPSA) is 64.6 Å². The van der Waals surface area contributed by atoms with Gasteiger partial charge in [-0.05, 0) is 48.9 Å². The molecule has 0 fully saturated rings. The third-order valence-electron chi connectivity index (χ3n) is 3.13. The van der Waals surface area contributed by atoms with E-state index in [0.717, 1.165) is 0 Å². The van der Waals surface area contributed by atoms with E-state index in [0.29, 0.717) is 17.9 Å². The van der Waals surface area contributed by atoms with Crippen LogP contribution in [0.25, 0.3) is 0 Å². The van der Waals surface area contributed by atoms with Crippen molar-refractivity contribution >= 4 is 10.0 Å².